The number of likely N-dealkylation sites (tertiary alicyclic amines) is 1. The van der Waals surface area contributed by atoms with Crippen molar-refractivity contribution in [2.45, 2.75) is 39.2 Å². The Kier molecular flexibility index (Phi) is 4.98. The largest absolute Gasteiger partial charge is 0.338 e. The summed E-state index contributed by atoms with van der Waals surface area (Å²) >= 11 is 0. The van der Waals surface area contributed by atoms with Crippen molar-refractivity contribution in [3.63, 3.8) is 0 Å². The highest BCUT2D eigenvalue weighted by atomic mass is 19.1. The van der Waals surface area contributed by atoms with E-state index in [1.807, 2.05) is 24.9 Å². The number of rotatable bonds is 4. The lowest BCUT2D eigenvalue weighted by molar-refractivity contribution is 0.0705. The number of hydrogen-bond donors (Lipinski definition) is 1. The second-order valence-corrected chi connectivity index (χ2v) is 7.28. The molecule has 2 aromatic heterocycles. The first-order valence-corrected chi connectivity index (χ1v) is 9.69. The maximum atomic E-state index is 13.3. The highest BCUT2D eigenvalue weighted by Gasteiger charge is 2.29. The Morgan fingerprint density at radius 3 is 2.82 bits per heavy atom. The van der Waals surface area contributed by atoms with E-state index in [1.54, 1.807) is 23.0 Å². The molecule has 1 N–H and O–H groups in total. The van der Waals surface area contributed by atoms with E-state index in [1.165, 1.54) is 12.1 Å². The fourth-order valence-corrected chi connectivity index (χ4v) is 3.92. The highest BCUT2D eigenvalue weighted by Crippen LogP contribution is 2.33. The summed E-state index contributed by atoms with van der Waals surface area (Å²) in [6.07, 6.45) is 5.52. The van der Waals surface area contributed by atoms with Gasteiger partial charge in [0.25, 0.3) is 5.91 Å². The first-order valence-electron chi connectivity index (χ1n) is 9.69. The summed E-state index contributed by atoms with van der Waals surface area (Å²) in [5.74, 6) is -0.0576. The van der Waals surface area contributed by atoms with Gasteiger partial charge in [-0.25, -0.2) is 4.39 Å². The molecule has 0 radical (unpaired) electrons. The molecule has 3 aromatic rings. The van der Waals surface area contributed by atoms with Crippen LogP contribution in [0.25, 0.3) is 11.1 Å². The number of H-pyrrole nitrogens is 1. The molecule has 1 aromatic carbocycles. The minimum atomic E-state index is -0.258. The van der Waals surface area contributed by atoms with Gasteiger partial charge in [-0.15, -0.1) is 0 Å². The van der Waals surface area contributed by atoms with Crippen molar-refractivity contribution >= 4 is 5.91 Å². The van der Waals surface area contributed by atoms with Crippen LogP contribution in [0.2, 0.25) is 0 Å². The number of piperidine rings is 1. The molecule has 3 heterocycles. The summed E-state index contributed by atoms with van der Waals surface area (Å²) in [5, 5.41) is 11.7. The fourth-order valence-electron chi connectivity index (χ4n) is 3.92. The van der Waals surface area contributed by atoms with Crippen molar-refractivity contribution in [1.29, 1.82) is 0 Å². The maximum absolute atomic E-state index is 13.3. The van der Waals surface area contributed by atoms with Crippen LogP contribution in [0.15, 0.2) is 36.7 Å². The van der Waals surface area contributed by atoms with Crippen LogP contribution in [0.5, 0.6) is 0 Å². The van der Waals surface area contributed by atoms with Crippen molar-refractivity contribution in [1.82, 2.24) is 24.9 Å². The summed E-state index contributed by atoms with van der Waals surface area (Å²) in [5.41, 5.74) is 4.33. The van der Waals surface area contributed by atoms with E-state index in [-0.39, 0.29) is 17.6 Å². The number of nitrogens with one attached hydrogen (secondary N) is 1. The minimum Gasteiger partial charge on any atom is -0.338 e. The molecule has 0 unspecified atom stereocenters. The second-order valence-electron chi connectivity index (χ2n) is 7.28. The van der Waals surface area contributed by atoms with Crippen molar-refractivity contribution < 1.29 is 9.18 Å². The Balaban J connectivity index is 1.56. The number of amides is 1. The van der Waals surface area contributed by atoms with Gasteiger partial charge in [0.2, 0.25) is 0 Å². The topological polar surface area (TPSA) is 66.8 Å². The predicted molar refractivity (Wildman–Crippen MR) is 104 cm³/mol. The molecule has 1 aliphatic rings. The van der Waals surface area contributed by atoms with Crippen LogP contribution in [0.3, 0.4) is 0 Å². The molecule has 28 heavy (non-hydrogen) atoms. The van der Waals surface area contributed by atoms with Gasteiger partial charge in [0.15, 0.2) is 0 Å². The maximum Gasteiger partial charge on any atom is 0.257 e. The van der Waals surface area contributed by atoms with Crippen LogP contribution in [0.1, 0.15) is 47.4 Å². The van der Waals surface area contributed by atoms with Gasteiger partial charge in [-0.05, 0) is 44.4 Å². The van der Waals surface area contributed by atoms with E-state index in [4.69, 9.17) is 0 Å². The zero-order chi connectivity index (χ0) is 19.7. The van der Waals surface area contributed by atoms with Crippen LogP contribution in [0, 0.1) is 12.7 Å². The van der Waals surface area contributed by atoms with Gasteiger partial charge < -0.3 is 4.90 Å². The van der Waals surface area contributed by atoms with Gasteiger partial charge in [0, 0.05) is 43.0 Å². The van der Waals surface area contributed by atoms with Crippen molar-refractivity contribution in [3.8, 4) is 11.1 Å². The SMILES string of the molecule is CCn1cc(C(=O)N2CCC[C@H](c3[nH]ncc3-c3ccc(F)cc3)C2)c(C)n1. The van der Waals surface area contributed by atoms with Crippen LogP contribution in [-0.4, -0.2) is 43.9 Å². The smallest absolute Gasteiger partial charge is 0.257 e. The molecule has 0 spiro atoms. The number of nitrogens with zero attached hydrogens (tertiary/aromatic N) is 4. The molecule has 0 aliphatic carbocycles. The number of carbonyl (C=O) groups excluding carboxylic acids is 1. The molecule has 1 fully saturated rings. The Morgan fingerprint density at radius 2 is 2.11 bits per heavy atom. The van der Waals surface area contributed by atoms with Gasteiger partial charge in [-0.1, -0.05) is 12.1 Å². The third-order valence-corrected chi connectivity index (χ3v) is 5.44. The molecular formula is C21H24FN5O. The number of aromatic nitrogens is 4. The van der Waals surface area contributed by atoms with Crippen molar-refractivity contribution in [2.24, 2.45) is 0 Å². The van der Waals surface area contributed by atoms with Crippen LogP contribution < -0.4 is 0 Å². The zero-order valence-corrected chi connectivity index (χ0v) is 16.2. The molecular weight excluding hydrogens is 357 g/mol. The Hall–Kier alpha value is -2.96. The minimum absolute atomic E-state index is 0.0322. The molecule has 4 rings (SSSR count). The Morgan fingerprint density at radius 1 is 1.32 bits per heavy atom. The summed E-state index contributed by atoms with van der Waals surface area (Å²) in [6.45, 7) is 6.00. The molecule has 1 aliphatic heterocycles. The molecule has 0 bridgehead atoms. The highest BCUT2D eigenvalue weighted by molar-refractivity contribution is 5.95. The normalized spacial score (nSPS) is 17.1. The number of carbonyl (C=O) groups is 1. The van der Waals surface area contributed by atoms with E-state index >= 15 is 0 Å². The van der Waals surface area contributed by atoms with E-state index < -0.39 is 0 Å². The van der Waals surface area contributed by atoms with E-state index in [2.05, 4.69) is 15.3 Å². The van der Waals surface area contributed by atoms with Gasteiger partial charge >= 0.3 is 0 Å². The lowest BCUT2D eigenvalue weighted by Gasteiger charge is -2.32. The monoisotopic (exact) mass is 381 g/mol. The van der Waals surface area contributed by atoms with Crippen LogP contribution >= 0.6 is 0 Å². The van der Waals surface area contributed by atoms with E-state index in [0.717, 1.165) is 48.4 Å². The average molecular weight is 381 g/mol. The van der Waals surface area contributed by atoms with Gasteiger partial charge in [-0.3, -0.25) is 14.6 Å². The van der Waals surface area contributed by atoms with Crippen LogP contribution in [-0.2, 0) is 6.54 Å². The van der Waals surface area contributed by atoms with Gasteiger partial charge in [0.1, 0.15) is 5.82 Å². The summed E-state index contributed by atoms with van der Waals surface area (Å²) < 4.78 is 15.1. The summed E-state index contributed by atoms with van der Waals surface area (Å²) in [4.78, 5) is 15.0. The first-order chi connectivity index (χ1) is 13.6. The lowest BCUT2D eigenvalue weighted by Crippen LogP contribution is -2.39. The van der Waals surface area contributed by atoms with Gasteiger partial charge in [0.05, 0.1) is 17.5 Å². The standard InChI is InChI=1S/C21H24FN5O/c1-3-27-13-19(14(2)25-27)21(28)26-10-4-5-16(12-26)20-18(11-23-24-20)15-6-8-17(22)9-7-15/h6-9,11,13,16H,3-5,10,12H2,1-2H3,(H,23,24)/t16-/m0/s1. The number of halogens is 1. The predicted octanol–water partition coefficient (Wildman–Crippen LogP) is 3.76. The molecule has 146 valence electrons. The molecule has 0 saturated carbocycles. The first kappa shape index (κ1) is 18.4. The van der Waals surface area contributed by atoms with Crippen molar-refractivity contribution in [2.75, 3.05) is 13.1 Å². The zero-order valence-electron chi connectivity index (χ0n) is 16.2. The quantitative estimate of drug-likeness (QED) is 0.748. The third kappa shape index (κ3) is 3.44. The van der Waals surface area contributed by atoms with E-state index in [0.29, 0.717) is 12.1 Å². The summed E-state index contributed by atoms with van der Waals surface area (Å²) in [7, 11) is 0. The Bertz CT molecular complexity index is 975. The second kappa shape index (κ2) is 7.58. The summed E-state index contributed by atoms with van der Waals surface area (Å²) in [6, 6.07) is 6.43. The lowest BCUT2D eigenvalue weighted by atomic mass is 9.90. The third-order valence-electron chi connectivity index (χ3n) is 5.44. The number of aryl methyl sites for hydroxylation is 2. The number of hydrogen-bond acceptors (Lipinski definition) is 3. The fraction of sp³-hybridized carbons (Fsp3) is 0.381. The molecule has 7 heteroatoms. The number of benzene rings is 1. The molecule has 1 atom stereocenters. The van der Waals surface area contributed by atoms with Gasteiger partial charge in [-0.2, -0.15) is 10.2 Å². The number of aromatic amines is 1. The Labute approximate surface area is 163 Å². The molecule has 1 saturated heterocycles. The average Bonchev–Trinajstić information content (AvgIpc) is 3.35. The van der Waals surface area contributed by atoms with Crippen molar-refractivity contribution in [3.05, 3.63) is 59.4 Å². The molecule has 1 amide bonds. The van der Waals surface area contributed by atoms with E-state index in [9.17, 15) is 9.18 Å². The van der Waals surface area contributed by atoms with Crippen LogP contribution in [0.4, 0.5) is 4.39 Å². The molecule has 6 nitrogen and oxygen atoms in total.